The molecule has 0 fully saturated rings. The van der Waals surface area contributed by atoms with E-state index in [9.17, 15) is 25.9 Å². The predicted octanol–water partition coefficient (Wildman–Crippen LogP) is 4.91. The van der Waals surface area contributed by atoms with Crippen LogP contribution in [0, 0.1) is 5.92 Å². The molecular weight excluding hydrogens is 560 g/mol. The van der Waals surface area contributed by atoms with Crippen molar-refractivity contribution in [2.75, 3.05) is 13.1 Å². The summed E-state index contributed by atoms with van der Waals surface area (Å²) in [4.78, 5) is 8.66. The van der Waals surface area contributed by atoms with E-state index in [0.29, 0.717) is 36.3 Å². The standard InChI is InChI=1S/C31H28N2O6S2/c34-40(35,36)29-5-1-3-26(19-29)31(27-4-2-6-30(20-27)41(37,38)39)33-16-14-25-12-11-24-17-23-9-7-22(8-10-23)13-15-32-21-28(25)18-24/h1-12,18-20,25H,13-17H2,(H,34,35,36)(H,37,38,39). The van der Waals surface area contributed by atoms with Crippen LogP contribution in [0.5, 0.6) is 0 Å². The fourth-order valence-corrected chi connectivity index (χ4v) is 5.89. The van der Waals surface area contributed by atoms with Gasteiger partial charge >= 0.3 is 0 Å². The number of fused-ring (bicyclic) bond motifs is 4. The summed E-state index contributed by atoms with van der Waals surface area (Å²) >= 11 is 0. The number of rotatable bonds is 7. The topological polar surface area (TPSA) is 133 Å². The maximum absolute atomic E-state index is 11.8. The molecule has 0 amide bonds. The van der Waals surface area contributed by atoms with Gasteiger partial charge in [0.15, 0.2) is 0 Å². The Morgan fingerprint density at radius 2 is 1.49 bits per heavy atom. The van der Waals surface area contributed by atoms with Crippen molar-refractivity contribution >= 4 is 31.8 Å². The zero-order valence-corrected chi connectivity index (χ0v) is 23.6. The highest BCUT2D eigenvalue weighted by Crippen LogP contribution is 2.27. The van der Waals surface area contributed by atoms with E-state index in [1.165, 1.54) is 47.5 Å². The molecule has 0 saturated carbocycles. The fraction of sp³-hybridized carbons (Fsp3) is 0.194. The van der Waals surface area contributed by atoms with Crippen LogP contribution in [-0.2, 0) is 33.1 Å². The van der Waals surface area contributed by atoms with E-state index in [0.717, 1.165) is 24.0 Å². The van der Waals surface area contributed by atoms with E-state index in [-0.39, 0.29) is 15.7 Å². The Kier molecular flexibility index (Phi) is 8.30. The molecule has 0 spiro atoms. The van der Waals surface area contributed by atoms with Gasteiger partial charge in [-0.15, -0.1) is 0 Å². The van der Waals surface area contributed by atoms with E-state index in [1.54, 1.807) is 12.1 Å². The molecule has 1 unspecified atom stereocenters. The van der Waals surface area contributed by atoms with Gasteiger partial charge in [-0.2, -0.15) is 16.8 Å². The second kappa shape index (κ2) is 11.9. The Hall–Kier alpha value is -3.92. The van der Waals surface area contributed by atoms with Gasteiger partial charge in [0.2, 0.25) is 0 Å². The third kappa shape index (κ3) is 7.24. The number of benzene rings is 3. The smallest absolute Gasteiger partial charge is 0.284 e. The van der Waals surface area contributed by atoms with Gasteiger partial charge in [0.1, 0.15) is 0 Å². The Balaban J connectivity index is 1.46. The first-order valence-electron chi connectivity index (χ1n) is 13.0. The van der Waals surface area contributed by atoms with Gasteiger partial charge in [0.25, 0.3) is 20.2 Å². The monoisotopic (exact) mass is 588 g/mol. The maximum Gasteiger partial charge on any atom is 0.294 e. The molecule has 4 bridgehead atoms. The fourth-order valence-electron chi connectivity index (χ4n) is 4.84. The van der Waals surface area contributed by atoms with Crippen molar-refractivity contribution in [1.82, 2.24) is 0 Å². The molecule has 1 atom stereocenters. The molecule has 8 nitrogen and oxygen atoms in total. The van der Waals surface area contributed by atoms with Crippen LogP contribution >= 0.6 is 0 Å². The number of nitrogens with zero attached hydrogens (tertiary/aromatic N) is 2. The molecule has 2 heterocycles. The Bertz CT molecular complexity index is 1770. The van der Waals surface area contributed by atoms with Gasteiger partial charge in [0.05, 0.1) is 22.0 Å². The third-order valence-electron chi connectivity index (χ3n) is 6.96. The average molecular weight is 589 g/mol. The van der Waals surface area contributed by atoms with Gasteiger partial charge < -0.3 is 0 Å². The van der Waals surface area contributed by atoms with Crippen LogP contribution in [0.25, 0.3) is 0 Å². The minimum atomic E-state index is -4.48. The molecule has 3 aromatic rings. The van der Waals surface area contributed by atoms with Gasteiger partial charge in [0, 0.05) is 29.2 Å². The Morgan fingerprint density at radius 3 is 2.10 bits per heavy atom. The van der Waals surface area contributed by atoms with Crippen molar-refractivity contribution in [3.8, 4) is 0 Å². The first-order chi connectivity index (χ1) is 19.6. The van der Waals surface area contributed by atoms with Crippen molar-refractivity contribution in [2.24, 2.45) is 15.9 Å². The maximum atomic E-state index is 11.8. The molecule has 0 aromatic heterocycles. The largest absolute Gasteiger partial charge is 0.294 e. The minimum Gasteiger partial charge on any atom is -0.284 e. The average Bonchev–Trinajstić information content (AvgIpc) is 2.93. The number of allylic oxidation sites excluding steroid dienone is 5. The Morgan fingerprint density at radius 1 is 0.878 bits per heavy atom. The highest BCUT2D eigenvalue weighted by atomic mass is 32.2. The molecule has 2 N–H and O–H groups in total. The summed E-state index contributed by atoms with van der Waals surface area (Å²) < 4.78 is 66.3. The van der Waals surface area contributed by atoms with Crippen LogP contribution < -0.4 is 0 Å². The highest BCUT2D eigenvalue weighted by molar-refractivity contribution is 7.86. The summed E-state index contributed by atoms with van der Waals surface area (Å²) in [7, 11) is -8.96. The van der Waals surface area contributed by atoms with Crippen LogP contribution in [0.15, 0.2) is 122 Å². The second-order valence-corrected chi connectivity index (χ2v) is 12.7. The molecule has 3 aromatic carbocycles. The van der Waals surface area contributed by atoms with Crippen molar-refractivity contribution in [2.45, 2.75) is 29.1 Å². The van der Waals surface area contributed by atoms with E-state index >= 15 is 0 Å². The van der Waals surface area contributed by atoms with Crippen LogP contribution in [0.2, 0.25) is 0 Å². The molecule has 2 aliphatic heterocycles. The SMILES string of the molecule is O=S(=O)(O)c1cccc(C(=NCCC2C=CC3=CC2=C=NCCc2ccc(cc2)C3)c2cccc(S(=O)(=O)O)c2)c1. The van der Waals surface area contributed by atoms with E-state index in [2.05, 4.69) is 53.4 Å². The predicted molar refractivity (Wildman–Crippen MR) is 158 cm³/mol. The summed E-state index contributed by atoms with van der Waals surface area (Å²) in [5, 5.41) is 0. The summed E-state index contributed by atoms with van der Waals surface area (Å²) in [6.45, 7) is 0.935. The molecule has 1 aliphatic carbocycles. The van der Waals surface area contributed by atoms with Gasteiger partial charge in [-0.25, -0.2) is 4.99 Å². The molecule has 6 rings (SSSR count). The molecule has 3 aliphatic rings. The molecule has 0 radical (unpaired) electrons. The Labute approximate surface area is 239 Å². The lowest BCUT2D eigenvalue weighted by molar-refractivity contribution is 0.481. The van der Waals surface area contributed by atoms with E-state index in [1.807, 2.05) is 0 Å². The lowest BCUT2D eigenvalue weighted by Crippen LogP contribution is -2.11. The first-order valence-corrected chi connectivity index (χ1v) is 15.9. The van der Waals surface area contributed by atoms with Crippen molar-refractivity contribution in [3.05, 3.63) is 124 Å². The van der Waals surface area contributed by atoms with Gasteiger partial charge in [-0.3, -0.25) is 14.1 Å². The third-order valence-corrected chi connectivity index (χ3v) is 8.65. The quantitative estimate of drug-likeness (QED) is 0.298. The normalized spacial score (nSPS) is 16.8. The first kappa shape index (κ1) is 28.6. The molecule has 41 heavy (non-hydrogen) atoms. The van der Waals surface area contributed by atoms with Crippen LogP contribution in [0.4, 0.5) is 0 Å². The summed E-state index contributed by atoms with van der Waals surface area (Å²) in [6.07, 6.45) is 8.54. The second-order valence-electron chi connectivity index (χ2n) is 9.90. The van der Waals surface area contributed by atoms with Crippen molar-refractivity contribution < 1.29 is 25.9 Å². The summed E-state index contributed by atoms with van der Waals surface area (Å²) in [5.74, 6) is 3.22. The lowest BCUT2D eigenvalue weighted by atomic mass is 9.87. The van der Waals surface area contributed by atoms with Crippen LogP contribution in [0.1, 0.15) is 28.7 Å². The van der Waals surface area contributed by atoms with E-state index < -0.39 is 20.2 Å². The van der Waals surface area contributed by atoms with Gasteiger partial charge in [-0.05, 0) is 72.2 Å². The van der Waals surface area contributed by atoms with Gasteiger partial charge in [-0.1, -0.05) is 60.7 Å². The molecule has 10 heteroatoms. The van der Waals surface area contributed by atoms with Crippen molar-refractivity contribution in [1.29, 1.82) is 0 Å². The van der Waals surface area contributed by atoms with Crippen molar-refractivity contribution in [3.63, 3.8) is 0 Å². The summed E-state index contributed by atoms with van der Waals surface area (Å²) in [6, 6.07) is 19.8. The number of hydrogen-bond acceptors (Lipinski definition) is 6. The molecular formula is C31H28N2O6S2. The van der Waals surface area contributed by atoms with E-state index in [4.69, 9.17) is 4.99 Å². The van der Waals surface area contributed by atoms with Crippen LogP contribution in [0.3, 0.4) is 0 Å². The van der Waals surface area contributed by atoms with Crippen LogP contribution in [-0.4, -0.2) is 50.6 Å². The summed E-state index contributed by atoms with van der Waals surface area (Å²) in [5.41, 5.74) is 5.62. The lowest BCUT2D eigenvalue weighted by Gasteiger charge is -2.18. The molecule has 0 saturated heterocycles. The zero-order valence-electron chi connectivity index (χ0n) is 22.0. The minimum absolute atomic E-state index is 0.00956. The number of aliphatic imine (C=N–C) groups is 2. The molecule has 210 valence electrons. The number of hydrogen-bond donors (Lipinski definition) is 2. The highest BCUT2D eigenvalue weighted by Gasteiger charge is 2.18. The zero-order chi connectivity index (χ0) is 29.0.